The average Bonchev–Trinajstić information content (AvgIpc) is 3.31. The maximum Gasteiger partial charge on any atom is 0.257 e. The lowest BCUT2D eigenvalue weighted by molar-refractivity contribution is 0.0535. The molecule has 1 N–H and O–H groups in total. The van der Waals surface area contributed by atoms with Gasteiger partial charge < -0.3 is 19.4 Å². The highest BCUT2D eigenvalue weighted by atomic mass is 16.5. The number of methoxy groups -OCH3 is 1. The maximum atomic E-state index is 9.59. The average molecular weight is 431 g/mol. The molecule has 3 aromatic heterocycles. The van der Waals surface area contributed by atoms with E-state index in [-0.39, 0.29) is 17.4 Å². The molecule has 0 bridgehead atoms. The molecule has 3 heterocycles. The second-order valence-corrected chi connectivity index (χ2v) is 9.59. The minimum absolute atomic E-state index is 0.0439. The number of hydrogen-bond donors (Lipinski definition) is 1. The van der Waals surface area contributed by atoms with Crippen LogP contribution in [0.1, 0.15) is 38.4 Å². The molecule has 164 valence electrons. The van der Waals surface area contributed by atoms with Crippen LogP contribution in [-0.4, -0.2) is 67.7 Å². The molecule has 3 atom stereocenters. The number of nitrogens with one attached hydrogen (secondary N) is 1. The van der Waals surface area contributed by atoms with Gasteiger partial charge in [0.05, 0.1) is 18.8 Å². The number of nitrogens with zero attached hydrogens (tertiary/aromatic N) is 6. The Labute approximate surface area is 190 Å². The number of fused-ring (bicyclic) bond motifs is 1. The van der Waals surface area contributed by atoms with Crippen molar-refractivity contribution in [2.24, 2.45) is 5.92 Å². The van der Waals surface area contributed by atoms with Crippen LogP contribution in [0.25, 0.3) is 11.0 Å². The van der Waals surface area contributed by atoms with Gasteiger partial charge in [-0.25, -0.2) is 4.98 Å². The summed E-state index contributed by atoms with van der Waals surface area (Å²) in [6, 6.07) is 4.00. The molecule has 32 heavy (non-hydrogen) atoms. The molecule has 1 aliphatic carbocycles. The van der Waals surface area contributed by atoms with Crippen molar-refractivity contribution in [3.05, 3.63) is 24.2 Å². The monoisotopic (exact) mass is 431 g/mol. The lowest BCUT2D eigenvalue weighted by Crippen LogP contribution is -2.36. The first-order chi connectivity index (χ1) is 15.2. The molecule has 0 saturated heterocycles. The summed E-state index contributed by atoms with van der Waals surface area (Å²) < 4.78 is 15.3. The number of nitriles is 1. The zero-order chi connectivity index (χ0) is 23.0. The highest BCUT2D eigenvalue weighted by Gasteiger charge is 2.31. The summed E-state index contributed by atoms with van der Waals surface area (Å²) in [4.78, 5) is 9.19. The largest absolute Gasteiger partial charge is 0.472 e. The second kappa shape index (κ2) is 8.55. The third kappa shape index (κ3) is 4.22. The van der Waals surface area contributed by atoms with Gasteiger partial charge >= 0.3 is 0 Å². The molecule has 0 spiro atoms. The van der Waals surface area contributed by atoms with Gasteiger partial charge in [-0.3, -0.25) is 4.68 Å². The molecule has 0 amide bonds. The normalized spacial score (nSPS) is 19.3. The summed E-state index contributed by atoms with van der Waals surface area (Å²) in [7, 11) is 7.92. The van der Waals surface area contributed by atoms with Gasteiger partial charge in [-0.2, -0.15) is 10.2 Å². The first-order valence-corrected chi connectivity index (χ1v) is 11.0. The lowest BCUT2D eigenvalue weighted by atomic mass is 9.49. The molecular formula is C20H28B3N7O2. The summed E-state index contributed by atoms with van der Waals surface area (Å²) >= 11 is 0. The lowest BCUT2D eigenvalue weighted by Gasteiger charge is -2.33. The predicted molar refractivity (Wildman–Crippen MR) is 131 cm³/mol. The molecule has 1 fully saturated rings. The third-order valence-electron chi connectivity index (χ3n) is 5.96. The van der Waals surface area contributed by atoms with Crippen LogP contribution in [0.3, 0.4) is 0 Å². The minimum atomic E-state index is -0.194. The molecule has 4 rings (SSSR count). The Balaban J connectivity index is 1.70. The molecule has 2 unspecified atom stereocenters. The van der Waals surface area contributed by atoms with E-state index in [1.165, 1.54) is 6.42 Å². The van der Waals surface area contributed by atoms with Crippen molar-refractivity contribution in [1.29, 1.82) is 5.26 Å². The van der Waals surface area contributed by atoms with Crippen molar-refractivity contribution >= 4 is 46.2 Å². The Hall–Kier alpha value is -2.93. The van der Waals surface area contributed by atoms with E-state index in [1.54, 1.807) is 19.4 Å². The van der Waals surface area contributed by atoms with Crippen LogP contribution in [0, 0.1) is 17.2 Å². The van der Waals surface area contributed by atoms with Crippen LogP contribution in [-0.2, 0) is 9.97 Å². The van der Waals surface area contributed by atoms with E-state index < -0.39 is 0 Å². The zero-order valence-electron chi connectivity index (χ0n) is 19.6. The minimum Gasteiger partial charge on any atom is -0.472 e. The number of anilines is 2. The molecule has 9 nitrogen and oxygen atoms in total. The summed E-state index contributed by atoms with van der Waals surface area (Å²) in [5, 5.41) is 18.2. The Bertz CT molecular complexity index is 1160. The van der Waals surface area contributed by atoms with Crippen LogP contribution in [0.15, 0.2) is 18.5 Å². The highest BCUT2D eigenvalue weighted by Crippen LogP contribution is 2.35. The Morgan fingerprint density at radius 1 is 1.38 bits per heavy atom. The van der Waals surface area contributed by atoms with Crippen molar-refractivity contribution in [2.75, 3.05) is 19.0 Å². The molecule has 1 aliphatic rings. The van der Waals surface area contributed by atoms with Crippen LogP contribution >= 0.6 is 0 Å². The van der Waals surface area contributed by atoms with Gasteiger partial charge in [-0.05, 0) is 37.0 Å². The molecule has 1 saturated carbocycles. The van der Waals surface area contributed by atoms with Crippen LogP contribution in [0.5, 0.6) is 5.88 Å². The Kier molecular flexibility index (Phi) is 5.95. The highest BCUT2D eigenvalue weighted by molar-refractivity contribution is 6.56. The first kappa shape index (κ1) is 22.3. The van der Waals surface area contributed by atoms with Crippen molar-refractivity contribution < 1.29 is 9.47 Å². The van der Waals surface area contributed by atoms with Gasteiger partial charge in [0.2, 0.25) is 5.95 Å². The molecular weight excluding hydrogens is 403 g/mol. The van der Waals surface area contributed by atoms with Gasteiger partial charge in [0.1, 0.15) is 52.7 Å². The smallest absolute Gasteiger partial charge is 0.257 e. The van der Waals surface area contributed by atoms with Gasteiger partial charge in [-0.1, -0.05) is 6.92 Å². The summed E-state index contributed by atoms with van der Waals surface area (Å²) in [6.45, 7) is 4.67. The van der Waals surface area contributed by atoms with Crippen LogP contribution in [0.4, 0.5) is 11.6 Å². The van der Waals surface area contributed by atoms with Crippen molar-refractivity contribution in [3.8, 4) is 11.9 Å². The topological polar surface area (TPSA) is 103 Å². The van der Waals surface area contributed by atoms with Gasteiger partial charge in [0.15, 0.2) is 0 Å². The molecule has 0 aliphatic heterocycles. The van der Waals surface area contributed by atoms with E-state index in [9.17, 15) is 5.26 Å². The van der Waals surface area contributed by atoms with E-state index in [1.807, 2.05) is 22.4 Å². The van der Waals surface area contributed by atoms with E-state index >= 15 is 0 Å². The summed E-state index contributed by atoms with van der Waals surface area (Å²) in [5.41, 5.74) is 1.93. The standard InChI is InChI=1S/C20H28B3N7O2/c1-11-4-5-16(11)32-18-15(9-29(28-18)20(21,22)23)26-19-25-8-13-6-14(7-24)30(17(13)27-19)12(2)10-31-3/h6,8-9,11-12,16H,4-5,10,21-23H2,1-3H3,(H,25,26,27)/t11?,12-,16?/m0/s1. The van der Waals surface area contributed by atoms with Crippen molar-refractivity contribution in [1.82, 2.24) is 24.3 Å². The number of hydrogen-bond acceptors (Lipinski definition) is 7. The molecule has 3 aromatic rings. The zero-order valence-corrected chi connectivity index (χ0v) is 19.6. The van der Waals surface area contributed by atoms with E-state index in [4.69, 9.17) is 19.6 Å². The maximum absolute atomic E-state index is 9.59. The van der Waals surface area contributed by atoms with E-state index in [0.717, 1.165) is 17.5 Å². The van der Waals surface area contributed by atoms with Gasteiger partial charge in [-0.15, -0.1) is 5.10 Å². The fourth-order valence-electron chi connectivity index (χ4n) is 3.87. The van der Waals surface area contributed by atoms with Crippen LogP contribution < -0.4 is 10.1 Å². The first-order valence-electron chi connectivity index (χ1n) is 11.0. The van der Waals surface area contributed by atoms with E-state index in [0.29, 0.717) is 35.7 Å². The third-order valence-corrected chi connectivity index (χ3v) is 5.96. The van der Waals surface area contributed by atoms with Crippen molar-refractivity contribution in [3.63, 3.8) is 0 Å². The predicted octanol–water partition coefficient (Wildman–Crippen LogP) is 0.0949. The Morgan fingerprint density at radius 3 is 2.75 bits per heavy atom. The van der Waals surface area contributed by atoms with Gasteiger partial charge in [0, 0.05) is 18.7 Å². The fraction of sp³-hybridized carbons (Fsp3) is 0.500. The second-order valence-electron chi connectivity index (χ2n) is 9.59. The molecule has 12 heteroatoms. The van der Waals surface area contributed by atoms with E-state index in [2.05, 4.69) is 46.8 Å². The number of rotatable bonds is 8. The quantitative estimate of drug-likeness (QED) is 0.505. The fourth-order valence-corrected chi connectivity index (χ4v) is 3.87. The Morgan fingerprint density at radius 2 is 2.16 bits per heavy atom. The SMILES string of the molecule is BC(B)(B)n1cc(Nc2ncc3cc(C#N)n([C@@H](C)COC)c3n2)c(OC2CCC2C)n1. The van der Waals surface area contributed by atoms with Gasteiger partial charge in [0.25, 0.3) is 5.88 Å². The van der Waals surface area contributed by atoms with Crippen molar-refractivity contribution in [2.45, 2.75) is 44.1 Å². The molecule has 0 radical (unpaired) electrons. The number of aromatic nitrogens is 5. The summed E-state index contributed by atoms with van der Waals surface area (Å²) in [6.07, 6.45) is 6.04. The number of ether oxygens (including phenoxy) is 2. The molecule has 0 aromatic carbocycles. The summed E-state index contributed by atoms with van der Waals surface area (Å²) in [5.74, 6) is 1.50. The van der Waals surface area contributed by atoms with Crippen LogP contribution in [0.2, 0.25) is 0 Å².